The van der Waals surface area contributed by atoms with Crippen molar-refractivity contribution in [2.24, 2.45) is 5.92 Å². The lowest BCUT2D eigenvalue weighted by Gasteiger charge is -2.20. The zero-order chi connectivity index (χ0) is 16.0. The molecule has 0 saturated heterocycles. The molecule has 0 spiro atoms. The highest BCUT2D eigenvalue weighted by molar-refractivity contribution is 9.10. The van der Waals surface area contributed by atoms with Crippen LogP contribution in [0.1, 0.15) is 33.6 Å². The lowest BCUT2D eigenvalue weighted by Crippen LogP contribution is -2.29. The van der Waals surface area contributed by atoms with Crippen molar-refractivity contribution in [2.45, 2.75) is 38.5 Å². The number of hydrogen-bond donors (Lipinski definition) is 1. The number of aromatic nitrogens is 1. The number of nitrogens with zero attached hydrogens (tertiary/aromatic N) is 2. The molecule has 7 heteroatoms. The van der Waals surface area contributed by atoms with Gasteiger partial charge in [0.15, 0.2) is 0 Å². The van der Waals surface area contributed by atoms with E-state index >= 15 is 0 Å². The van der Waals surface area contributed by atoms with Gasteiger partial charge in [0.25, 0.3) is 0 Å². The van der Waals surface area contributed by atoms with Crippen LogP contribution in [0.25, 0.3) is 0 Å². The molecule has 1 N–H and O–H groups in total. The van der Waals surface area contributed by atoms with E-state index in [1.54, 1.807) is 19.3 Å². The summed E-state index contributed by atoms with van der Waals surface area (Å²) in [6.07, 6.45) is 3.33. The minimum Gasteiger partial charge on any atom is -0.369 e. The van der Waals surface area contributed by atoms with Gasteiger partial charge < -0.3 is 5.32 Å². The SMILES string of the molecule is CCCNc1ncc(Br)cc1S(=O)(=O)N(C)CCC(C)C. The minimum absolute atomic E-state index is 0.219. The molecule has 0 aromatic carbocycles. The predicted octanol–water partition coefficient (Wildman–Crippen LogP) is 3.33. The second-order valence-electron chi connectivity index (χ2n) is 5.44. The van der Waals surface area contributed by atoms with Gasteiger partial charge in [0, 0.05) is 30.8 Å². The van der Waals surface area contributed by atoms with E-state index in [4.69, 9.17) is 0 Å². The van der Waals surface area contributed by atoms with Gasteiger partial charge in [0.2, 0.25) is 10.0 Å². The lowest BCUT2D eigenvalue weighted by molar-refractivity contribution is 0.428. The van der Waals surface area contributed by atoms with E-state index in [1.807, 2.05) is 6.92 Å². The molecule has 0 aliphatic rings. The van der Waals surface area contributed by atoms with Gasteiger partial charge in [0.05, 0.1) is 0 Å². The van der Waals surface area contributed by atoms with Crippen LogP contribution in [0.15, 0.2) is 21.6 Å². The Morgan fingerprint density at radius 3 is 2.67 bits per heavy atom. The molecule has 120 valence electrons. The van der Waals surface area contributed by atoms with Crippen LogP contribution >= 0.6 is 15.9 Å². The van der Waals surface area contributed by atoms with Gasteiger partial charge >= 0.3 is 0 Å². The normalized spacial score (nSPS) is 12.1. The summed E-state index contributed by atoms with van der Waals surface area (Å²) < 4.78 is 27.5. The molecule has 1 heterocycles. The average molecular weight is 378 g/mol. The largest absolute Gasteiger partial charge is 0.369 e. The molecule has 1 aromatic heterocycles. The van der Waals surface area contributed by atoms with E-state index in [1.165, 1.54) is 4.31 Å². The van der Waals surface area contributed by atoms with Crippen molar-refractivity contribution in [3.63, 3.8) is 0 Å². The standard InChI is InChI=1S/C14H24BrN3O2S/c1-5-7-16-14-13(9-12(15)10-17-14)21(19,20)18(4)8-6-11(2)3/h9-11H,5-8H2,1-4H3,(H,16,17). The Morgan fingerprint density at radius 2 is 2.10 bits per heavy atom. The Kier molecular flexibility index (Phi) is 7.09. The topological polar surface area (TPSA) is 62.3 Å². The molecule has 0 unspecified atom stereocenters. The first-order valence-corrected chi connectivity index (χ1v) is 9.38. The summed E-state index contributed by atoms with van der Waals surface area (Å²) in [6.45, 7) is 7.37. The summed E-state index contributed by atoms with van der Waals surface area (Å²) in [5, 5.41) is 3.08. The number of rotatable bonds is 8. The third-order valence-corrected chi connectivity index (χ3v) is 5.38. The van der Waals surface area contributed by atoms with Crippen molar-refractivity contribution < 1.29 is 8.42 Å². The minimum atomic E-state index is -3.54. The number of hydrogen-bond acceptors (Lipinski definition) is 4. The molecule has 0 atom stereocenters. The highest BCUT2D eigenvalue weighted by Crippen LogP contribution is 2.25. The highest BCUT2D eigenvalue weighted by Gasteiger charge is 2.25. The molecular formula is C14H24BrN3O2S. The molecular weight excluding hydrogens is 354 g/mol. The van der Waals surface area contributed by atoms with Crippen molar-refractivity contribution in [1.82, 2.24) is 9.29 Å². The number of nitrogens with one attached hydrogen (secondary N) is 1. The molecule has 1 rings (SSSR count). The predicted molar refractivity (Wildman–Crippen MR) is 90.0 cm³/mol. The zero-order valence-electron chi connectivity index (χ0n) is 13.1. The number of pyridine rings is 1. The number of halogens is 1. The van der Waals surface area contributed by atoms with Crippen molar-refractivity contribution >= 4 is 31.8 Å². The zero-order valence-corrected chi connectivity index (χ0v) is 15.5. The Morgan fingerprint density at radius 1 is 1.43 bits per heavy atom. The second-order valence-corrected chi connectivity index (χ2v) is 8.37. The number of anilines is 1. The summed E-state index contributed by atoms with van der Waals surface area (Å²) in [5.74, 6) is 0.873. The quantitative estimate of drug-likeness (QED) is 0.754. The molecule has 1 aromatic rings. The van der Waals surface area contributed by atoms with Crippen LogP contribution in [0.5, 0.6) is 0 Å². The summed E-state index contributed by atoms with van der Waals surface area (Å²) in [7, 11) is -1.93. The van der Waals surface area contributed by atoms with Crippen LogP contribution in [0.2, 0.25) is 0 Å². The first-order valence-electron chi connectivity index (χ1n) is 7.14. The maximum atomic E-state index is 12.7. The summed E-state index contributed by atoms with van der Waals surface area (Å²) >= 11 is 3.30. The molecule has 0 saturated carbocycles. The molecule has 0 bridgehead atoms. The van der Waals surface area contributed by atoms with E-state index in [0.29, 0.717) is 29.3 Å². The van der Waals surface area contributed by atoms with Crippen molar-refractivity contribution in [3.8, 4) is 0 Å². The first kappa shape index (κ1) is 18.4. The van der Waals surface area contributed by atoms with E-state index in [0.717, 1.165) is 12.8 Å². The fraction of sp³-hybridized carbons (Fsp3) is 0.643. The van der Waals surface area contributed by atoms with Crippen molar-refractivity contribution in [1.29, 1.82) is 0 Å². The third-order valence-electron chi connectivity index (χ3n) is 3.07. The number of sulfonamides is 1. The van der Waals surface area contributed by atoms with Crippen LogP contribution in [0, 0.1) is 5.92 Å². The Balaban J connectivity index is 3.08. The van der Waals surface area contributed by atoms with E-state index in [-0.39, 0.29) is 4.90 Å². The maximum absolute atomic E-state index is 12.7. The lowest BCUT2D eigenvalue weighted by atomic mass is 10.1. The van der Waals surface area contributed by atoms with Crippen LogP contribution in [-0.4, -0.2) is 37.8 Å². The van der Waals surface area contributed by atoms with Gasteiger partial charge in [-0.15, -0.1) is 0 Å². The Labute approximate surface area is 136 Å². The third kappa shape index (κ3) is 5.23. The van der Waals surface area contributed by atoms with Gasteiger partial charge in [-0.25, -0.2) is 17.7 Å². The highest BCUT2D eigenvalue weighted by atomic mass is 79.9. The molecule has 0 amide bonds. The Bertz CT molecular complexity index is 561. The summed E-state index contributed by atoms with van der Waals surface area (Å²) in [5.41, 5.74) is 0. The molecule has 0 fully saturated rings. The molecule has 0 aliphatic carbocycles. The molecule has 5 nitrogen and oxygen atoms in total. The van der Waals surface area contributed by atoms with Gasteiger partial charge in [-0.05, 0) is 40.8 Å². The maximum Gasteiger partial charge on any atom is 0.246 e. The Hall–Kier alpha value is -0.660. The van der Waals surface area contributed by atoms with Crippen LogP contribution in [0.3, 0.4) is 0 Å². The molecule has 0 radical (unpaired) electrons. The van der Waals surface area contributed by atoms with Gasteiger partial charge in [0.1, 0.15) is 10.7 Å². The molecule has 21 heavy (non-hydrogen) atoms. The van der Waals surface area contributed by atoms with Crippen LogP contribution in [-0.2, 0) is 10.0 Å². The monoisotopic (exact) mass is 377 g/mol. The van der Waals surface area contributed by atoms with E-state index in [2.05, 4.69) is 40.1 Å². The second kappa shape index (κ2) is 8.10. The summed E-state index contributed by atoms with van der Waals surface area (Å²) in [4.78, 5) is 4.41. The fourth-order valence-electron chi connectivity index (χ4n) is 1.72. The van der Waals surface area contributed by atoms with Gasteiger partial charge in [-0.1, -0.05) is 20.8 Å². The first-order chi connectivity index (χ1) is 9.78. The van der Waals surface area contributed by atoms with Crippen molar-refractivity contribution in [2.75, 3.05) is 25.5 Å². The summed E-state index contributed by atoms with van der Waals surface area (Å²) in [6, 6.07) is 1.60. The van der Waals surface area contributed by atoms with Gasteiger partial charge in [-0.2, -0.15) is 0 Å². The van der Waals surface area contributed by atoms with Crippen molar-refractivity contribution in [3.05, 3.63) is 16.7 Å². The van der Waals surface area contributed by atoms with Gasteiger partial charge in [-0.3, -0.25) is 0 Å². The van der Waals surface area contributed by atoms with E-state index in [9.17, 15) is 8.42 Å². The van der Waals surface area contributed by atoms with Crippen LogP contribution in [0.4, 0.5) is 5.82 Å². The molecule has 0 aliphatic heterocycles. The average Bonchev–Trinajstić information content (AvgIpc) is 2.43. The van der Waals surface area contributed by atoms with Crippen LogP contribution < -0.4 is 5.32 Å². The fourth-order valence-corrected chi connectivity index (χ4v) is 3.53. The van der Waals surface area contributed by atoms with E-state index < -0.39 is 10.0 Å². The smallest absolute Gasteiger partial charge is 0.246 e.